The number of allylic oxidation sites excluding steroid dienone is 1. The number of aliphatic hydroxyl groups excluding tert-OH is 1. The fourth-order valence-corrected chi connectivity index (χ4v) is 2.38. The molecule has 0 aliphatic rings. The summed E-state index contributed by atoms with van der Waals surface area (Å²) in [6, 6.07) is 8.08. The summed E-state index contributed by atoms with van der Waals surface area (Å²) in [5.74, 6) is -0.286. The highest BCUT2D eigenvalue weighted by Gasteiger charge is 2.24. The van der Waals surface area contributed by atoms with Crippen molar-refractivity contribution in [3.05, 3.63) is 45.1 Å². The van der Waals surface area contributed by atoms with Crippen molar-refractivity contribution >= 4 is 29.0 Å². The van der Waals surface area contributed by atoms with Crippen molar-refractivity contribution in [2.45, 2.75) is 6.92 Å². The van der Waals surface area contributed by atoms with E-state index in [-0.39, 0.29) is 17.0 Å². The highest BCUT2D eigenvalue weighted by Crippen LogP contribution is 2.39. The van der Waals surface area contributed by atoms with Crippen LogP contribution in [0.15, 0.2) is 28.3 Å². The summed E-state index contributed by atoms with van der Waals surface area (Å²) in [4.78, 5) is 0. The monoisotopic (exact) mass is 319 g/mol. The summed E-state index contributed by atoms with van der Waals surface area (Å²) in [5.41, 5.74) is 0.187. The number of hydrogen-bond donors (Lipinski definition) is 1. The number of benzene rings is 1. The molecule has 104 valence electrons. The van der Waals surface area contributed by atoms with Gasteiger partial charge in [-0.3, -0.25) is 0 Å². The molecule has 0 amide bonds. The molecule has 0 unspecified atom stereocenters. The van der Waals surface area contributed by atoms with E-state index in [1.54, 1.807) is 37.3 Å². The van der Waals surface area contributed by atoms with Gasteiger partial charge in [-0.05, 0) is 19.1 Å². The number of halogens is 2. The Morgan fingerprint density at radius 2 is 1.81 bits per heavy atom. The molecule has 2 aromatic rings. The van der Waals surface area contributed by atoms with Crippen LogP contribution in [0.25, 0.3) is 17.0 Å². The molecular formula is C14H7Cl2N3O2. The SMILES string of the molecule is Cc1onc(-c2c(Cl)cccc2Cl)c1C(O)=C(C#N)C#N. The summed E-state index contributed by atoms with van der Waals surface area (Å²) in [5, 5.41) is 32.3. The van der Waals surface area contributed by atoms with Crippen LogP contribution in [0.1, 0.15) is 11.3 Å². The smallest absolute Gasteiger partial charge is 0.172 e. The first-order valence-corrected chi connectivity index (χ1v) is 6.41. The largest absolute Gasteiger partial charge is 0.505 e. The molecule has 5 nitrogen and oxygen atoms in total. The van der Waals surface area contributed by atoms with Gasteiger partial charge in [0, 0.05) is 5.56 Å². The lowest BCUT2D eigenvalue weighted by Crippen LogP contribution is -1.93. The maximum absolute atomic E-state index is 10.1. The topological polar surface area (TPSA) is 93.8 Å². The van der Waals surface area contributed by atoms with Crippen molar-refractivity contribution < 1.29 is 9.63 Å². The number of aliphatic hydroxyl groups is 1. The lowest BCUT2D eigenvalue weighted by Gasteiger charge is -2.06. The molecule has 2 rings (SSSR count). The normalized spacial score (nSPS) is 9.76. The van der Waals surface area contributed by atoms with Crippen LogP contribution in [0.5, 0.6) is 0 Å². The van der Waals surface area contributed by atoms with Gasteiger partial charge >= 0.3 is 0 Å². The first-order chi connectivity index (χ1) is 10.0. The fraction of sp³-hybridized carbons (Fsp3) is 0.0714. The third kappa shape index (κ3) is 2.57. The first kappa shape index (κ1) is 14.9. The minimum Gasteiger partial charge on any atom is -0.505 e. The van der Waals surface area contributed by atoms with E-state index in [2.05, 4.69) is 5.16 Å². The van der Waals surface area contributed by atoms with Crippen molar-refractivity contribution in [1.29, 1.82) is 10.5 Å². The zero-order valence-corrected chi connectivity index (χ0v) is 12.2. The number of hydrogen-bond acceptors (Lipinski definition) is 5. The Labute approximate surface area is 130 Å². The molecule has 0 aliphatic heterocycles. The van der Waals surface area contributed by atoms with E-state index in [1.807, 2.05) is 0 Å². The third-order valence-electron chi connectivity index (χ3n) is 2.76. The average Bonchev–Trinajstić information content (AvgIpc) is 2.81. The molecule has 0 spiro atoms. The fourth-order valence-electron chi connectivity index (χ4n) is 1.80. The highest BCUT2D eigenvalue weighted by atomic mass is 35.5. The van der Waals surface area contributed by atoms with Crippen LogP contribution in [0.3, 0.4) is 0 Å². The predicted molar refractivity (Wildman–Crippen MR) is 77.5 cm³/mol. The molecule has 0 fully saturated rings. The molecule has 0 saturated carbocycles. The molecule has 1 aromatic heterocycles. The Hall–Kier alpha value is -2.47. The number of nitriles is 2. The molecule has 1 heterocycles. The molecule has 0 saturated heterocycles. The van der Waals surface area contributed by atoms with Crippen molar-refractivity contribution in [1.82, 2.24) is 5.16 Å². The Balaban J connectivity index is 2.80. The van der Waals surface area contributed by atoms with Crippen LogP contribution in [0.2, 0.25) is 10.0 Å². The maximum Gasteiger partial charge on any atom is 0.172 e. The van der Waals surface area contributed by atoms with Crippen LogP contribution in [-0.2, 0) is 0 Å². The molecular weight excluding hydrogens is 313 g/mol. The Kier molecular flexibility index (Phi) is 4.18. The molecule has 0 aliphatic carbocycles. The van der Waals surface area contributed by atoms with Crippen molar-refractivity contribution in [2.24, 2.45) is 0 Å². The quantitative estimate of drug-likeness (QED) is 0.658. The van der Waals surface area contributed by atoms with Crippen molar-refractivity contribution in [3.8, 4) is 23.4 Å². The summed E-state index contributed by atoms with van der Waals surface area (Å²) >= 11 is 12.2. The zero-order chi connectivity index (χ0) is 15.6. The second-order valence-electron chi connectivity index (χ2n) is 4.01. The predicted octanol–water partition coefficient (Wildman–Crippen LogP) is 4.27. The van der Waals surface area contributed by atoms with Crippen molar-refractivity contribution in [2.75, 3.05) is 0 Å². The minimum atomic E-state index is -0.523. The van der Waals surface area contributed by atoms with E-state index in [0.717, 1.165) is 0 Å². The lowest BCUT2D eigenvalue weighted by atomic mass is 10.0. The first-order valence-electron chi connectivity index (χ1n) is 5.65. The number of aromatic nitrogens is 1. The van der Waals surface area contributed by atoms with E-state index >= 15 is 0 Å². The molecule has 1 N–H and O–H groups in total. The van der Waals surface area contributed by atoms with Gasteiger partial charge in [-0.25, -0.2) is 0 Å². The van der Waals surface area contributed by atoms with Gasteiger partial charge in [0.05, 0.1) is 15.6 Å². The van der Waals surface area contributed by atoms with E-state index < -0.39 is 11.3 Å². The summed E-state index contributed by atoms with van der Waals surface area (Å²) < 4.78 is 5.04. The zero-order valence-electron chi connectivity index (χ0n) is 10.7. The Morgan fingerprint density at radius 1 is 1.24 bits per heavy atom. The van der Waals surface area contributed by atoms with E-state index in [1.165, 1.54) is 0 Å². The van der Waals surface area contributed by atoms with Gasteiger partial charge in [0.25, 0.3) is 0 Å². The number of nitrogens with zero attached hydrogens (tertiary/aromatic N) is 3. The number of aryl methyl sites for hydroxylation is 1. The van der Waals surface area contributed by atoms with Gasteiger partial charge in [0.2, 0.25) is 0 Å². The molecule has 1 aromatic carbocycles. The second-order valence-corrected chi connectivity index (χ2v) is 4.82. The van der Waals surface area contributed by atoms with Crippen molar-refractivity contribution in [3.63, 3.8) is 0 Å². The van der Waals surface area contributed by atoms with E-state index in [9.17, 15) is 5.11 Å². The lowest BCUT2D eigenvalue weighted by molar-refractivity contribution is 0.398. The Bertz CT molecular complexity index is 789. The van der Waals surface area contributed by atoms with Gasteiger partial charge in [0.1, 0.15) is 23.6 Å². The van der Waals surface area contributed by atoms with Crippen LogP contribution in [0, 0.1) is 29.6 Å². The van der Waals surface area contributed by atoms with Crippen LogP contribution in [-0.4, -0.2) is 10.3 Å². The summed E-state index contributed by atoms with van der Waals surface area (Å²) in [7, 11) is 0. The van der Waals surface area contributed by atoms with E-state index in [0.29, 0.717) is 15.6 Å². The standard InChI is InChI=1S/C14H7Cl2N3O2/c1-7-11(14(20)8(5-17)6-18)13(19-21-7)12-9(15)3-2-4-10(12)16/h2-4,20H,1H3. The maximum atomic E-state index is 10.1. The van der Waals surface area contributed by atoms with E-state index in [4.69, 9.17) is 38.2 Å². The van der Waals surface area contributed by atoms with Gasteiger partial charge in [0.15, 0.2) is 11.3 Å². The van der Waals surface area contributed by atoms with Gasteiger partial charge < -0.3 is 9.63 Å². The van der Waals surface area contributed by atoms with Gasteiger partial charge in [-0.2, -0.15) is 10.5 Å². The van der Waals surface area contributed by atoms with Crippen LogP contribution < -0.4 is 0 Å². The summed E-state index contributed by atoms with van der Waals surface area (Å²) in [6.45, 7) is 1.54. The molecule has 21 heavy (non-hydrogen) atoms. The third-order valence-corrected chi connectivity index (χ3v) is 3.39. The summed E-state index contributed by atoms with van der Waals surface area (Å²) in [6.07, 6.45) is 0. The molecule has 0 atom stereocenters. The van der Waals surface area contributed by atoms with Crippen LogP contribution >= 0.6 is 23.2 Å². The average molecular weight is 320 g/mol. The second kappa shape index (κ2) is 5.88. The van der Waals surface area contributed by atoms with Crippen LogP contribution in [0.4, 0.5) is 0 Å². The molecule has 0 radical (unpaired) electrons. The Morgan fingerprint density at radius 3 is 2.33 bits per heavy atom. The number of rotatable bonds is 2. The van der Waals surface area contributed by atoms with Gasteiger partial charge in [-0.15, -0.1) is 0 Å². The van der Waals surface area contributed by atoms with Gasteiger partial charge in [-0.1, -0.05) is 34.4 Å². The molecule has 0 bridgehead atoms. The highest BCUT2D eigenvalue weighted by molar-refractivity contribution is 6.39. The molecule has 7 heteroatoms. The minimum absolute atomic E-state index is 0.114.